The molecule has 2 aromatic carbocycles. The molecule has 1 aromatic heterocycles. The Bertz CT molecular complexity index is 1170. The Morgan fingerprint density at radius 2 is 1.79 bits per heavy atom. The van der Waals surface area contributed by atoms with E-state index in [1.165, 1.54) is 0 Å². The molecule has 9 heteroatoms. The van der Waals surface area contributed by atoms with Gasteiger partial charge in [0, 0.05) is 42.2 Å². The van der Waals surface area contributed by atoms with Crippen molar-refractivity contribution in [2.24, 2.45) is 0 Å². The molecule has 3 aromatic rings. The van der Waals surface area contributed by atoms with Crippen molar-refractivity contribution in [1.82, 2.24) is 14.9 Å². The molecule has 0 spiro atoms. The molecular formula is C24H23Cl2N5O2. The zero-order valence-electron chi connectivity index (χ0n) is 17.9. The zero-order chi connectivity index (χ0) is 22.8. The summed E-state index contributed by atoms with van der Waals surface area (Å²) in [6.07, 6.45) is 0.650. The van der Waals surface area contributed by atoms with Crippen LogP contribution in [0.5, 0.6) is 0 Å². The third kappa shape index (κ3) is 4.76. The molecule has 1 fully saturated rings. The normalized spacial score (nSPS) is 15.8. The number of fused-ring (bicyclic) bond motifs is 1. The number of benzene rings is 2. The molecule has 0 saturated carbocycles. The molecule has 0 atom stereocenters. The summed E-state index contributed by atoms with van der Waals surface area (Å²) in [4.78, 5) is 26.9. The van der Waals surface area contributed by atoms with Gasteiger partial charge < -0.3 is 19.9 Å². The quantitative estimate of drug-likeness (QED) is 0.574. The number of urea groups is 1. The number of ether oxygens (including phenoxy) is 1. The van der Waals surface area contributed by atoms with E-state index in [0.717, 1.165) is 35.7 Å². The summed E-state index contributed by atoms with van der Waals surface area (Å²) >= 11 is 12.2. The Morgan fingerprint density at radius 1 is 1.00 bits per heavy atom. The second-order valence-corrected chi connectivity index (χ2v) is 8.83. The maximum absolute atomic E-state index is 13.0. The van der Waals surface area contributed by atoms with Crippen molar-refractivity contribution >= 4 is 40.7 Å². The molecule has 5 rings (SSSR count). The van der Waals surface area contributed by atoms with Crippen LogP contribution >= 0.6 is 23.2 Å². The minimum Gasteiger partial charge on any atom is -0.378 e. The number of carbonyl (C=O) groups excluding carboxylic acids is 1. The van der Waals surface area contributed by atoms with Crippen molar-refractivity contribution in [1.29, 1.82) is 0 Å². The van der Waals surface area contributed by atoms with E-state index in [4.69, 9.17) is 37.9 Å². The van der Waals surface area contributed by atoms with Crippen LogP contribution in [0, 0.1) is 0 Å². The molecule has 2 amide bonds. The van der Waals surface area contributed by atoms with Gasteiger partial charge in [-0.3, -0.25) is 0 Å². The number of aromatic nitrogens is 2. The molecule has 0 radical (unpaired) electrons. The predicted octanol–water partition coefficient (Wildman–Crippen LogP) is 4.88. The van der Waals surface area contributed by atoms with Gasteiger partial charge >= 0.3 is 6.03 Å². The lowest BCUT2D eigenvalue weighted by atomic mass is 10.0. The fourth-order valence-electron chi connectivity index (χ4n) is 4.11. The highest BCUT2D eigenvalue weighted by atomic mass is 35.5. The van der Waals surface area contributed by atoms with Crippen molar-refractivity contribution in [3.05, 3.63) is 69.8 Å². The number of carbonyl (C=O) groups is 1. The molecule has 0 bridgehead atoms. The topological polar surface area (TPSA) is 70.6 Å². The maximum Gasteiger partial charge on any atom is 0.322 e. The van der Waals surface area contributed by atoms with Crippen LogP contribution in [-0.4, -0.2) is 53.7 Å². The van der Waals surface area contributed by atoms with Crippen molar-refractivity contribution in [2.75, 3.05) is 43.1 Å². The molecule has 1 saturated heterocycles. The van der Waals surface area contributed by atoms with Crippen LogP contribution in [0.15, 0.2) is 48.5 Å². The van der Waals surface area contributed by atoms with E-state index in [0.29, 0.717) is 54.3 Å². The van der Waals surface area contributed by atoms with E-state index in [9.17, 15) is 4.79 Å². The second-order valence-electron chi connectivity index (χ2n) is 7.99. The van der Waals surface area contributed by atoms with Crippen LogP contribution in [0.1, 0.15) is 11.3 Å². The lowest BCUT2D eigenvalue weighted by Gasteiger charge is -2.34. The van der Waals surface area contributed by atoms with Gasteiger partial charge in [-0.05, 0) is 18.2 Å². The summed E-state index contributed by atoms with van der Waals surface area (Å²) in [6.45, 7) is 3.79. The first-order chi connectivity index (χ1) is 16.1. The van der Waals surface area contributed by atoms with E-state index in [-0.39, 0.29) is 6.03 Å². The summed E-state index contributed by atoms with van der Waals surface area (Å²) in [7, 11) is 0. The van der Waals surface area contributed by atoms with Gasteiger partial charge in [-0.1, -0.05) is 53.5 Å². The van der Waals surface area contributed by atoms with Crippen LogP contribution in [0.3, 0.4) is 0 Å². The van der Waals surface area contributed by atoms with Gasteiger partial charge in [-0.25, -0.2) is 14.8 Å². The Labute approximate surface area is 202 Å². The van der Waals surface area contributed by atoms with Gasteiger partial charge in [0.15, 0.2) is 5.82 Å². The number of amides is 2. The first-order valence-corrected chi connectivity index (χ1v) is 11.6. The molecule has 0 unspecified atom stereocenters. The molecule has 0 aliphatic carbocycles. The maximum atomic E-state index is 13.0. The predicted molar refractivity (Wildman–Crippen MR) is 130 cm³/mol. The summed E-state index contributed by atoms with van der Waals surface area (Å²) < 4.78 is 5.54. The number of nitrogens with one attached hydrogen (secondary N) is 1. The molecule has 33 heavy (non-hydrogen) atoms. The molecular weight excluding hydrogens is 461 g/mol. The minimum absolute atomic E-state index is 0.218. The first-order valence-electron chi connectivity index (χ1n) is 10.9. The van der Waals surface area contributed by atoms with Gasteiger partial charge in [0.25, 0.3) is 0 Å². The van der Waals surface area contributed by atoms with Crippen LogP contribution < -0.4 is 10.2 Å². The van der Waals surface area contributed by atoms with E-state index in [1.807, 2.05) is 30.3 Å². The highest BCUT2D eigenvalue weighted by Gasteiger charge is 2.29. The van der Waals surface area contributed by atoms with E-state index in [2.05, 4.69) is 10.2 Å². The smallest absolute Gasteiger partial charge is 0.322 e. The Morgan fingerprint density at radius 3 is 2.55 bits per heavy atom. The summed E-state index contributed by atoms with van der Waals surface area (Å²) in [5.74, 6) is 1.59. The van der Waals surface area contributed by atoms with Gasteiger partial charge in [-0.15, -0.1) is 0 Å². The number of halogens is 2. The third-order valence-corrected chi connectivity index (χ3v) is 6.39. The number of morpholine rings is 1. The summed E-state index contributed by atoms with van der Waals surface area (Å²) in [5.41, 5.74) is 3.48. The molecule has 2 aliphatic heterocycles. The van der Waals surface area contributed by atoms with E-state index >= 15 is 0 Å². The summed E-state index contributed by atoms with van der Waals surface area (Å²) in [6, 6.07) is 14.8. The largest absolute Gasteiger partial charge is 0.378 e. The second kappa shape index (κ2) is 9.55. The SMILES string of the molecule is O=C(Nc1ccc(Cl)cc1Cl)N1CCc2nc(-c3ccccc3)nc(N3CCOCC3)c2C1. The number of hydrogen-bond acceptors (Lipinski definition) is 5. The molecule has 1 N–H and O–H groups in total. The molecule has 7 nitrogen and oxygen atoms in total. The fraction of sp³-hybridized carbons (Fsp3) is 0.292. The summed E-state index contributed by atoms with van der Waals surface area (Å²) in [5, 5.41) is 3.82. The van der Waals surface area contributed by atoms with E-state index < -0.39 is 0 Å². The lowest BCUT2D eigenvalue weighted by molar-refractivity contribution is 0.122. The molecule has 3 heterocycles. The van der Waals surface area contributed by atoms with Crippen LogP contribution in [0.2, 0.25) is 10.0 Å². The number of rotatable bonds is 3. The average molecular weight is 484 g/mol. The average Bonchev–Trinajstić information content (AvgIpc) is 2.85. The van der Waals surface area contributed by atoms with Crippen molar-refractivity contribution in [3.8, 4) is 11.4 Å². The van der Waals surface area contributed by atoms with Crippen LogP contribution in [-0.2, 0) is 17.7 Å². The molecule has 2 aliphatic rings. The highest BCUT2D eigenvalue weighted by Crippen LogP contribution is 2.31. The zero-order valence-corrected chi connectivity index (χ0v) is 19.4. The van der Waals surface area contributed by atoms with E-state index in [1.54, 1.807) is 23.1 Å². The number of hydrogen-bond donors (Lipinski definition) is 1. The van der Waals surface area contributed by atoms with Crippen molar-refractivity contribution in [2.45, 2.75) is 13.0 Å². The standard InChI is InChI=1S/C24H23Cl2N5O2/c25-17-6-7-21(19(26)14-17)28-24(32)31-9-8-20-18(15-31)23(30-10-12-33-13-11-30)29-22(27-20)16-4-2-1-3-5-16/h1-7,14H,8-13,15H2,(H,28,32). The van der Waals surface area contributed by atoms with Crippen molar-refractivity contribution < 1.29 is 9.53 Å². The minimum atomic E-state index is -0.218. The van der Waals surface area contributed by atoms with Gasteiger partial charge in [-0.2, -0.15) is 0 Å². The lowest BCUT2D eigenvalue weighted by Crippen LogP contribution is -2.42. The monoisotopic (exact) mass is 483 g/mol. The first kappa shape index (κ1) is 21.9. The van der Waals surface area contributed by atoms with Gasteiger partial charge in [0.05, 0.1) is 36.2 Å². The Hall–Kier alpha value is -2.87. The Kier molecular flexibility index (Phi) is 6.35. The molecule has 170 valence electrons. The van der Waals surface area contributed by atoms with Crippen LogP contribution in [0.25, 0.3) is 11.4 Å². The van der Waals surface area contributed by atoms with Crippen molar-refractivity contribution in [3.63, 3.8) is 0 Å². The number of nitrogens with zero attached hydrogens (tertiary/aromatic N) is 4. The van der Waals surface area contributed by atoms with Gasteiger partial charge in [0.1, 0.15) is 5.82 Å². The van der Waals surface area contributed by atoms with Crippen LogP contribution in [0.4, 0.5) is 16.3 Å². The van der Waals surface area contributed by atoms with Gasteiger partial charge in [0.2, 0.25) is 0 Å². The number of anilines is 2. The third-order valence-electron chi connectivity index (χ3n) is 5.84. The Balaban J connectivity index is 1.45. The highest BCUT2D eigenvalue weighted by molar-refractivity contribution is 6.36. The fourth-order valence-corrected chi connectivity index (χ4v) is 4.56.